The SMILES string of the molecule is O=C(NC1CCCCCC1)C1CCN(C(=O)c2ccc(F)cc2F)CC1. The van der Waals surface area contributed by atoms with E-state index >= 15 is 0 Å². The zero-order chi connectivity index (χ0) is 18.5. The van der Waals surface area contributed by atoms with Gasteiger partial charge in [-0.05, 0) is 37.8 Å². The van der Waals surface area contributed by atoms with Gasteiger partial charge in [-0.3, -0.25) is 9.59 Å². The van der Waals surface area contributed by atoms with Crippen molar-refractivity contribution in [3.05, 3.63) is 35.4 Å². The van der Waals surface area contributed by atoms with E-state index in [4.69, 9.17) is 0 Å². The summed E-state index contributed by atoms with van der Waals surface area (Å²) >= 11 is 0. The lowest BCUT2D eigenvalue weighted by molar-refractivity contribution is -0.127. The van der Waals surface area contributed by atoms with E-state index in [1.165, 1.54) is 31.7 Å². The Labute approximate surface area is 152 Å². The number of rotatable bonds is 3. The van der Waals surface area contributed by atoms with Gasteiger partial charge in [-0.1, -0.05) is 25.7 Å². The lowest BCUT2D eigenvalue weighted by Gasteiger charge is -2.32. The van der Waals surface area contributed by atoms with Crippen molar-refractivity contribution in [2.75, 3.05) is 13.1 Å². The Morgan fingerprint density at radius 2 is 1.62 bits per heavy atom. The summed E-state index contributed by atoms with van der Waals surface area (Å²) in [7, 11) is 0. The Bertz CT molecular complexity index is 649. The molecule has 1 aliphatic carbocycles. The summed E-state index contributed by atoms with van der Waals surface area (Å²) in [5.41, 5.74) is -0.118. The van der Waals surface area contributed by atoms with E-state index in [0.29, 0.717) is 25.9 Å². The fraction of sp³-hybridized carbons (Fsp3) is 0.600. The maximum atomic E-state index is 13.8. The van der Waals surface area contributed by atoms with E-state index in [9.17, 15) is 18.4 Å². The summed E-state index contributed by atoms with van der Waals surface area (Å²) in [5.74, 6) is -2.00. The highest BCUT2D eigenvalue weighted by Gasteiger charge is 2.30. The molecule has 2 fully saturated rings. The van der Waals surface area contributed by atoms with Crippen molar-refractivity contribution in [3.63, 3.8) is 0 Å². The number of carbonyl (C=O) groups excluding carboxylic acids is 2. The molecular weight excluding hydrogens is 338 g/mol. The zero-order valence-corrected chi connectivity index (χ0v) is 15.0. The number of hydrogen-bond donors (Lipinski definition) is 1. The van der Waals surface area contributed by atoms with Crippen LogP contribution in [0.3, 0.4) is 0 Å². The second kappa shape index (κ2) is 8.60. The molecule has 1 aromatic carbocycles. The number of benzene rings is 1. The number of nitrogens with one attached hydrogen (secondary N) is 1. The molecule has 0 atom stereocenters. The van der Waals surface area contributed by atoms with Crippen LogP contribution >= 0.6 is 0 Å². The number of carbonyl (C=O) groups is 2. The lowest BCUT2D eigenvalue weighted by Crippen LogP contribution is -2.45. The predicted molar refractivity (Wildman–Crippen MR) is 94.6 cm³/mol. The van der Waals surface area contributed by atoms with Crippen molar-refractivity contribution in [2.24, 2.45) is 5.92 Å². The molecule has 4 nitrogen and oxygen atoms in total. The largest absolute Gasteiger partial charge is 0.353 e. The molecule has 3 rings (SSSR count). The van der Waals surface area contributed by atoms with Crippen LogP contribution in [0.25, 0.3) is 0 Å². The van der Waals surface area contributed by atoms with E-state index in [-0.39, 0.29) is 23.4 Å². The molecule has 1 aliphatic heterocycles. The van der Waals surface area contributed by atoms with Crippen molar-refractivity contribution in [1.29, 1.82) is 0 Å². The van der Waals surface area contributed by atoms with Crippen LogP contribution in [-0.4, -0.2) is 35.8 Å². The van der Waals surface area contributed by atoms with E-state index in [0.717, 1.165) is 25.0 Å². The average molecular weight is 364 g/mol. The molecule has 2 amide bonds. The number of likely N-dealkylation sites (tertiary alicyclic amines) is 1. The fourth-order valence-electron chi connectivity index (χ4n) is 3.92. The number of hydrogen-bond acceptors (Lipinski definition) is 2. The zero-order valence-electron chi connectivity index (χ0n) is 15.0. The van der Waals surface area contributed by atoms with Gasteiger partial charge >= 0.3 is 0 Å². The molecule has 1 saturated carbocycles. The Morgan fingerprint density at radius 1 is 0.962 bits per heavy atom. The molecule has 6 heteroatoms. The number of halogens is 2. The lowest BCUT2D eigenvalue weighted by atomic mass is 9.94. The van der Waals surface area contributed by atoms with Crippen molar-refractivity contribution in [1.82, 2.24) is 10.2 Å². The van der Waals surface area contributed by atoms with Crippen LogP contribution in [0.4, 0.5) is 8.78 Å². The summed E-state index contributed by atoms with van der Waals surface area (Å²) < 4.78 is 26.8. The van der Waals surface area contributed by atoms with Crippen LogP contribution in [0.5, 0.6) is 0 Å². The first-order valence-electron chi connectivity index (χ1n) is 9.59. The van der Waals surface area contributed by atoms with Gasteiger partial charge in [-0.25, -0.2) is 8.78 Å². The molecule has 1 aromatic rings. The maximum absolute atomic E-state index is 13.8. The highest BCUT2D eigenvalue weighted by atomic mass is 19.1. The monoisotopic (exact) mass is 364 g/mol. The van der Waals surface area contributed by atoms with Gasteiger partial charge in [0, 0.05) is 31.1 Å². The van der Waals surface area contributed by atoms with Crippen LogP contribution in [0.15, 0.2) is 18.2 Å². The normalized spacial score (nSPS) is 19.8. The molecule has 0 bridgehead atoms. The van der Waals surface area contributed by atoms with Crippen molar-refractivity contribution in [3.8, 4) is 0 Å². The van der Waals surface area contributed by atoms with Crippen LogP contribution in [0.2, 0.25) is 0 Å². The summed E-state index contributed by atoms with van der Waals surface area (Å²) in [6, 6.07) is 3.26. The van der Waals surface area contributed by atoms with Crippen molar-refractivity contribution >= 4 is 11.8 Å². The summed E-state index contributed by atoms with van der Waals surface area (Å²) in [6.45, 7) is 0.830. The minimum Gasteiger partial charge on any atom is -0.353 e. The van der Waals surface area contributed by atoms with Gasteiger partial charge in [0.2, 0.25) is 5.91 Å². The topological polar surface area (TPSA) is 49.4 Å². The van der Waals surface area contributed by atoms with E-state index in [1.54, 1.807) is 4.90 Å². The third-order valence-corrected chi connectivity index (χ3v) is 5.52. The van der Waals surface area contributed by atoms with Crippen LogP contribution < -0.4 is 5.32 Å². The standard InChI is InChI=1S/C20H26F2N2O2/c21-15-7-8-17(18(22)13-15)20(26)24-11-9-14(10-12-24)19(25)23-16-5-3-1-2-4-6-16/h7-8,13-14,16H,1-6,9-12H2,(H,23,25). The Morgan fingerprint density at radius 3 is 2.23 bits per heavy atom. The second-order valence-electron chi connectivity index (χ2n) is 7.39. The van der Waals surface area contributed by atoms with E-state index in [1.807, 2.05) is 0 Å². The fourth-order valence-corrected chi connectivity index (χ4v) is 3.92. The van der Waals surface area contributed by atoms with E-state index in [2.05, 4.69) is 5.32 Å². The minimum atomic E-state index is -0.844. The van der Waals surface area contributed by atoms with E-state index < -0.39 is 17.5 Å². The molecule has 0 spiro atoms. The van der Waals surface area contributed by atoms with Gasteiger partial charge in [0.05, 0.1) is 5.56 Å². The highest BCUT2D eigenvalue weighted by Crippen LogP contribution is 2.22. The minimum absolute atomic E-state index is 0.0805. The first kappa shape index (κ1) is 18.8. The average Bonchev–Trinajstić information content (AvgIpc) is 2.90. The molecule has 2 aliphatic rings. The van der Waals surface area contributed by atoms with Gasteiger partial charge in [0.15, 0.2) is 0 Å². The van der Waals surface area contributed by atoms with Crippen molar-refractivity contribution < 1.29 is 18.4 Å². The van der Waals surface area contributed by atoms with Crippen LogP contribution in [0, 0.1) is 17.6 Å². The second-order valence-corrected chi connectivity index (χ2v) is 7.39. The van der Waals surface area contributed by atoms with Gasteiger partial charge in [-0.2, -0.15) is 0 Å². The number of amides is 2. The number of nitrogens with zero attached hydrogens (tertiary/aromatic N) is 1. The highest BCUT2D eigenvalue weighted by molar-refractivity contribution is 5.94. The number of piperidine rings is 1. The van der Waals surface area contributed by atoms with Gasteiger partial charge in [0.25, 0.3) is 5.91 Å². The first-order chi connectivity index (χ1) is 12.5. The smallest absolute Gasteiger partial charge is 0.256 e. The molecule has 0 unspecified atom stereocenters. The van der Waals surface area contributed by atoms with Crippen LogP contribution in [0.1, 0.15) is 61.7 Å². The Balaban J connectivity index is 1.51. The van der Waals surface area contributed by atoms with Crippen LogP contribution in [-0.2, 0) is 4.79 Å². The van der Waals surface area contributed by atoms with Gasteiger partial charge in [0.1, 0.15) is 11.6 Å². The van der Waals surface area contributed by atoms with Gasteiger partial charge < -0.3 is 10.2 Å². The Kier molecular flexibility index (Phi) is 6.22. The predicted octanol–water partition coefficient (Wildman–Crippen LogP) is 3.66. The molecule has 142 valence electrons. The summed E-state index contributed by atoms with van der Waals surface area (Å²) in [6.07, 6.45) is 8.07. The Hall–Kier alpha value is -1.98. The molecule has 0 radical (unpaired) electrons. The van der Waals surface area contributed by atoms with Crippen molar-refractivity contribution in [2.45, 2.75) is 57.4 Å². The molecule has 26 heavy (non-hydrogen) atoms. The maximum Gasteiger partial charge on any atom is 0.256 e. The molecular formula is C20H26F2N2O2. The summed E-state index contributed by atoms with van der Waals surface area (Å²) in [5, 5.41) is 3.18. The molecule has 1 N–H and O–H groups in total. The molecule has 1 saturated heterocycles. The summed E-state index contributed by atoms with van der Waals surface area (Å²) in [4.78, 5) is 26.5. The first-order valence-corrected chi connectivity index (χ1v) is 9.59. The van der Waals surface area contributed by atoms with Gasteiger partial charge in [-0.15, -0.1) is 0 Å². The molecule has 1 heterocycles. The third kappa shape index (κ3) is 4.59. The molecule has 0 aromatic heterocycles. The quantitative estimate of drug-likeness (QED) is 0.832. The third-order valence-electron chi connectivity index (χ3n) is 5.52.